The number of carbonyl (C=O) groups is 2. The molecule has 0 spiro atoms. The first kappa shape index (κ1) is 12.7. The topological polar surface area (TPSA) is 96.2 Å². The average Bonchev–Trinajstić information content (AvgIpc) is 2.08. The largest absolute Gasteiger partial charge is 0.353 e. The van der Waals surface area contributed by atoms with E-state index in [1.165, 1.54) is 0 Å². The Morgan fingerprint density at radius 2 is 1.79 bits per heavy atom. The number of hydrogen-bond acceptors (Lipinski definition) is 3. The fourth-order valence-electron chi connectivity index (χ4n) is 0.747. The highest BCUT2D eigenvalue weighted by Gasteiger charge is 2.00. The molecular weight excluding hydrogens is 184 g/mol. The van der Waals surface area contributed by atoms with Gasteiger partial charge >= 0.3 is 6.03 Å². The molecule has 0 aliphatic heterocycles. The van der Waals surface area contributed by atoms with E-state index in [4.69, 9.17) is 5.73 Å². The van der Waals surface area contributed by atoms with Crippen LogP contribution in [0, 0.1) is 0 Å². The van der Waals surface area contributed by atoms with E-state index < -0.39 is 6.03 Å². The van der Waals surface area contributed by atoms with Gasteiger partial charge in [0.15, 0.2) is 0 Å². The van der Waals surface area contributed by atoms with Gasteiger partial charge in [0.1, 0.15) is 0 Å². The van der Waals surface area contributed by atoms with Crippen LogP contribution in [0.3, 0.4) is 0 Å². The van der Waals surface area contributed by atoms with Crippen LogP contribution in [-0.4, -0.2) is 37.6 Å². The molecule has 3 amide bonds. The third kappa shape index (κ3) is 8.79. The van der Waals surface area contributed by atoms with Crippen LogP contribution in [0.25, 0.3) is 0 Å². The van der Waals surface area contributed by atoms with Gasteiger partial charge in [-0.05, 0) is 0 Å². The van der Waals surface area contributed by atoms with Gasteiger partial charge in [-0.2, -0.15) is 0 Å². The zero-order valence-corrected chi connectivity index (χ0v) is 8.59. The van der Waals surface area contributed by atoms with E-state index in [9.17, 15) is 9.59 Å². The Labute approximate surface area is 83.6 Å². The summed E-state index contributed by atoms with van der Waals surface area (Å²) in [6, 6.07) is -0.302. The number of primary amides is 1. The summed E-state index contributed by atoms with van der Waals surface area (Å²) in [6.45, 7) is 4.95. The van der Waals surface area contributed by atoms with Crippen molar-refractivity contribution in [3.05, 3.63) is 0 Å². The first-order valence-electron chi connectivity index (χ1n) is 4.55. The highest BCUT2D eigenvalue weighted by Crippen LogP contribution is 1.74. The summed E-state index contributed by atoms with van der Waals surface area (Å²) < 4.78 is 0. The van der Waals surface area contributed by atoms with Crippen molar-refractivity contribution in [3.8, 4) is 0 Å². The Kier molecular flexibility index (Phi) is 6.47. The van der Waals surface area contributed by atoms with Crippen LogP contribution in [0.5, 0.6) is 0 Å². The van der Waals surface area contributed by atoms with Crippen molar-refractivity contribution in [2.45, 2.75) is 19.9 Å². The Morgan fingerprint density at radius 1 is 1.21 bits per heavy atom. The van der Waals surface area contributed by atoms with Crippen molar-refractivity contribution < 1.29 is 9.59 Å². The van der Waals surface area contributed by atoms with Gasteiger partial charge in [0, 0.05) is 19.1 Å². The first-order chi connectivity index (χ1) is 6.52. The number of carbonyl (C=O) groups excluding carboxylic acids is 2. The third-order valence-electron chi connectivity index (χ3n) is 1.42. The maximum atomic E-state index is 11.1. The number of amides is 3. The van der Waals surface area contributed by atoms with E-state index in [0.29, 0.717) is 13.1 Å². The zero-order valence-electron chi connectivity index (χ0n) is 8.59. The highest BCUT2D eigenvalue weighted by atomic mass is 16.2. The number of nitrogens with two attached hydrogens (primary N) is 1. The highest BCUT2D eigenvalue weighted by molar-refractivity contribution is 5.78. The van der Waals surface area contributed by atoms with Gasteiger partial charge in [0.25, 0.3) is 0 Å². The minimum absolute atomic E-state index is 0.0926. The molecule has 0 aromatic rings. The summed E-state index contributed by atoms with van der Waals surface area (Å²) in [5.41, 5.74) is 4.83. The van der Waals surface area contributed by atoms with Crippen molar-refractivity contribution in [2.75, 3.05) is 19.6 Å². The van der Waals surface area contributed by atoms with Crippen molar-refractivity contribution in [1.29, 1.82) is 0 Å². The van der Waals surface area contributed by atoms with Crippen molar-refractivity contribution in [1.82, 2.24) is 16.0 Å². The molecule has 0 unspecified atom stereocenters. The molecule has 0 heterocycles. The minimum atomic E-state index is -0.584. The van der Waals surface area contributed by atoms with Crippen molar-refractivity contribution >= 4 is 11.9 Å². The van der Waals surface area contributed by atoms with Crippen molar-refractivity contribution in [2.24, 2.45) is 5.73 Å². The van der Waals surface area contributed by atoms with E-state index in [1.54, 1.807) is 0 Å². The lowest BCUT2D eigenvalue weighted by molar-refractivity contribution is -0.120. The van der Waals surface area contributed by atoms with E-state index in [0.717, 1.165) is 0 Å². The molecule has 6 nitrogen and oxygen atoms in total. The maximum absolute atomic E-state index is 11.1. The predicted molar refractivity (Wildman–Crippen MR) is 53.7 cm³/mol. The van der Waals surface area contributed by atoms with E-state index in [2.05, 4.69) is 16.0 Å². The fraction of sp³-hybridized carbons (Fsp3) is 0.750. The van der Waals surface area contributed by atoms with Crippen LogP contribution in [0.4, 0.5) is 4.79 Å². The van der Waals surface area contributed by atoms with Gasteiger partial charge in [-0.3, -0.25) is 4.79 Å². The molecule has 0 saturated heterocycles. The summed E-state index contributed by atoms with van der Waals surface area (Å²) in [6.07, 6.45) is 0. The Balaban J connectivity index is 3.31. The molecule has 6 heteroatoms. The van der Waals surface area contributed by atoms with Gasteiger partial charge in [0.2, 0.25) is 5.91 Å². The van der Waals surface area contributed by atoms with E-state index >= 15 is 0 Å². The summed E-state index contributed by atoms with van der Waals surface area (Å²) in [7, 11) is 0. The second-order valence-corrected chi connectivity index (χ2v) is 3.18. The molecule has 0 rings (SSSR count). The number of urea groups is 1. The molecule has 0 saturated carbocycles. The third-order valence-corrected chi connectivity index (χ3v) is 1.42. The van der Waals surface area contributed by atoms with Gasteiger partial charge in [-0.1, -0.05) is 13.8 Å². The van der Waals surface area contributed by atoms with Crippen LogP contribution >= 0.6 is 0 Å². The predicted octanol–water partition coefficient (Wildman–Crippen LogP) is -1.23. The van der Waals surface area contributed by atoms with E-state index in [-0.39, 0.29) is 18.5 Å². The molecule has 14 heavy (non-hydrogen) atoms. The molecule has 0 aromatic heterocycles. The molecule has 5 N–H and O–H groups in total. The lowest BCUT2D eigenvalue weighted by atomic mass is 10.4. The molecule has 0 bridgehead atoms. The second kappa shape index (κ2) is 7.14. The molecule has 0 aromatic carbocycles. The number of hydrogen-bond donors (Lipinski definition) is 4. The minimum Gasteiger partial charge on any atom is -0.353 e. The first-order valence-corrected chi connectivity index (χ1v) is 4.55. The second-order valence-electron chi connectivity index (χ2n) is 3.18. The van der Waals surface area contributed by atoms with Gasteiger partial charge in [0.05, 0.1) is 6.54 Å². The van der Waals surface area contributed by atoms with Crippen molar-refractivity contribution in [3.63, 3.8) is 0 Å². The fourth-order valence-corrected chi connectivity index (χ4v) is 0.747. The summed E-state index contributed by atoms with van der Waals surface area (Å²) in [5, 5.41) is 7.96. The van der Waals surface area contributed by atoms with Gasteiger partial charge in [-0.15, -0.1) is 0 Å². The molecule has 82 valence electrons. The molecule has 0 radical (unpaired) electrons. The Morgan fingerprint density at radius 3 is 2.29 bits per heavy atom. The summed E-state index contributed by atoms with van der Waals surface area (Å²) in [4.78, 5) is 21.3. The molecule has 0 atom stereocenters. The lowest BCUT2D eigenvalue weighted by Gasteiger charge is -2.08. The van der Waals surface area contributed by atoms with Gasteiger partial charge < -0.3 is 21.7 Å². The molecular formula is C8H18N4O2. The summed E-state index contributed by atoms with van der Waals surface area (Å²) >= 11 is 0. The molecule has 0 fully saturated rings. The standard InChI is InChI=1S/C8H18N4O2/c1-6(2)12-5-7(13)10-3-4-11-8(9)14/h6,12H,3-5H2,1-2H3,(H,10,13)(H3,9,11,14). The van der Waals surface area contributed by atoms with Crippen LogP contribution in [0.15, 0.2) is 0 Å². The number of nitrogens with one attached hydrogen (secondary N) is 3. The summed E-state index contributed by atoms with van der Waals surface area (Å²) in [5.74, 6) is -0.0926. The Bertz CT molecular complexity index is 194. The maximum Gasteiger partial charge on any atom is 0.312 e. The van der Waals surface area contributed by atoms with Crippen LogP contribution in [-0.2, 0) is 4.79 Å². The zero-order chi connectivity index (χ0) is 11.0. The van der Waals surface area contributed by atoms with E-state index in [1.807, 2.05) is 13.8 Å². The van der Waals surface area contributed by atoms with Gasteiger partial charge in [-0.25, -0.2) is 4.79 Å². The number of rotatable bonds is 6. The molecule has 0 aliphatic carbocycles. The SMILES string of the molecule is CC(C)NCC(=O)NCCNC(N)=O. The smallest absolute Gasteiger partial charge is 0.312 e. The Hall–Kier alpha value is -1.30. The average molecular weight is 202 g/mol. The van der Waals surface area contributed by atoms with Crippen LogP contribution in [0.1, 0.15) is 13.8 Å². The quantitative estimate of drug-likeness (QED) is 0.406. The van der Waals surface area contributed by atoms with Crippen LogP contribution in [0.2, 0.25) is 0 Å². The normalized spacial score (nSPS) is 9.93. The lowest BCUT2D eigenvalue weighted by Crippen LogP contribution is -2.41. The molecule has 0 aliphatic rings. The monoisotopic (exact) mass is 202 g/mol. The van der Waals surface area contributed by atoms with Crippen LogP contribution < -0.4 is 21.7 Å².